The van der Waals surface area contributed by atoms with E-state index in [-0.39, 0.29) is 29.7 Å². The van der Waals surface area contributed by atoms with Crippen molar-refractivity contribution in [1.29, 1.82) is 0 Å². The van der Waals surface area contributed by atoms with Gasteiger partial charge in [-0.1, -0.05) is 18.6 Å². The number of nitrogens with one attached hydrogen (secondary N) is 1. The summed E-state index contributed by atoms with van der Waals surface area (Å²) in [5.74, 6) is 0.658. The Hall–Kier alpha value is -2.89. The summed E-state index contributed by atoms with van der Waals surface area (Å²) in [6, 6.07) is 11.3. The van der Waals surface area contributed by atoms with Crippen LogP contribution in [0.5, 0.6) is 11.5 Å². The molecule has 0 saturated heterocycles. The van der Waals surface area contributed by atoms with Crippen LogP contribution in [-0.4, -0.2) is 30.4 Å². The number of benzene rings is 2. The molecule has 1 amide bonds. The second kappa shape index (κ2) is 8.86. The number of halogens is 1. The van der Waals surface area contributed by atoms with Crippen LogP contribution in [0.1, 0.15) is 54.4 Å². The molecular weight excluding hydrogens is 385 g/mol. The van der Waals surface area contributed by atoms with E-state index in [0.717, 1.165) is 31.2 Å². The number of hydrogen-bond acceptors (Lipinski definition) is 4. The average Bonchev–Trinajstić information content (AvgIpc) is 2.74. The van der Waals surface area contributed by atoms with Gasteiger partial charge >= 0.3 is 0 Å². The van der Waals surface area contributed by atoms with Crippen molar-refractivity contribution in [2.45, 2.75) is 50.5 Å². The van der Waals surface area contributed by atoms with Gasteiger partial charge in [0.1, 0.15) is 22.9 Å². The number of carbonyl (C=O) groups is 2. The lowest BCUT2D eigenvalue weighted by atomic mass is 9.78. The molecule has 1 N–H and O–H groups in total. The third-order valence-corrected chi connectivity index (χ3v) is 5.85. The quantitative estimate of drug-likeness (QED) is 0.773. The molecule has 2 aliphatic rings. The van der Waals surface area contributed by atoms with Crippen LogP contribution in [0.3, 0.4) is 0 Å². The lowest BCUT2D eigenvalue weighted by Gasteiger charge is -2.40. The highest BCUT2D eigenvalue weighted by atomic mass is 19.1. The molecule has 2 aromatic carbocycles. The van der Waals surface area contributed by atoms with Gasteiger partial charge in [0.25, 0.3) is 5.91 Å². The van der Waals surface area contributed by atoms with Crippen molar-refractivity contribution in [3.05, 3.63) is 59.4 Å². The van der Waals surface area contributed by atoms with Gasteiger partial charge in [-0.05, 0) is 61.9 Å². The summed E-state index contributed by atoms with van der Waals surface area (Å²) in [5.41, 5.74) is 1.16. The molecule has 0 radical (unpaired) electrons. The second-order valence-electron chi connectivity index (χ2n) is 8.12. The van der Waals surface area contributed by atoms with Gasteiger partial charge in [0.05, 0.1) is 12.0 Å². The third-order valence-electron chi connectivity index (χ3n) is 5.85. The van der Waals surface area contributed by atoms with E-state index in [1.807, 2.05) is 0 Å². The Labute approximate surface area is 175 Å². The van der Waals surface area contributed by atoms with E-state index >= 15 is 0 Å². The molecule has 1 heterocycles. The maximum Gasteiger partial charge on any atom is 0.257 e. The number of carbonyl (C=O) groups excluding carboxylic acids is 2. The predicted octanol–water partition coefficient (Wildman–Crippen LogP) is 4.23. The zero-order chi connectivity index (χ0) is 21.0. The zero-order valence-electron chi connectivity index (χ0n) is 16.9. The Morgan fingerprint density at radius 3 is 2.63 bits per heavy atom. The van der Waals surface area contributed by atoms with E-state index in [9.17, 15) is 14.0 Å². The molecule has 0 bridgehead atoms. The first-order valence-corrected chi connectivity index (χ1v) is 10.5. The number of ether oxygens (including phenoxy) is 2. The summed E-state index contributed by atoms with van der Waals surface area (Å²) in [6.45, 7) is 0.319. The maximum absolute atomic E-state index is 12.9. The van der Waals surface area contributed by atoms with Gasteiger partial charge in [0, 0.05) is 12.6 Å². The zero-order valence-corrected chi connectivity index (χ0v) is 16.9. The molecule has 4 rings (SSSR count). The largest absolute Gasteiger partial charge is 0.486 e. The average molecular weight is 411 g/mol. The number of amides is 1. The molecule has 5 nitrogen and oxygen atoms in total. The smallest absolute Gasteiger partial charge is 0.257 e. The molecule has 1 saturated carbocycles. The molecule has 158 valence electrons. The van der Waals surface area contributed by atoms with Crippen molar-refractivity contribution in [3.63, 3.8) is 0 Å². The minimum absolute atomic E-state index is 0.114. The first-order valence-electron chi connectivity index (χ1n) is 10.5. The van der Waals surface area contributed by atoms with Gasteiger partial charge in [-0.2, -0.15) is 0 Å². The number of hydrogen-bond donors (Lipinski definition) is 1. The van der Waals surface area contributed by atoms with Crippen LogP contribution in [0.4, 0.5) is 4.39 Å². The second-order valence-corrected chi connectivity index (χ2v) is 8.12. The molecule has 0 atom stereocenters. The maximum atomic E-state index is 12.9. The van der Waals surface area contributed by atoms with E-state index in [4.69, 9.17) is 9.47 Å². The third kappa shape index (κ3) is 4.81. The van der Waals surface area contributed by atoms with E-state index in [1.165, 1.54) is 18.6 Å². The van der Waals surface area contributed by atoms with Crippen molar-refractivity contribution in [2.75, 3.05) is 13.2 Å². The number of fused-ring (bicyclic) bond motifs is 1. The fraction of sp³-hybridized carbons (Fsp3) is 0.417. The number of Topliss-reactive ketones (excluding diaryl/α,β-unsaturated/α-hetero) is 1. The molecule has 2 aromatic rings. The summed E-state index contributed by atoms with van der Waals surface area (Å²) in [7, 11) is 0. The van der Waals surface area contributed by atoms with Gasteiger partial charge in [-0.25, -0.2) is 4.39 Å². The summed E-state index contributed by atoms with van der Waals surface area (Å²) in [4.78, 5) is 24.6. The van der Waals surface area contributed by atoms with Crippen molar-refractivity contribution in [1.82, 2.24) is 5.32 Å². The lowest BCUT2D eigenvalue weighted by molar-refractivity contribution is -0.123. The Morgan fingerprint density at radius 1 is 1.10 bits per heavy atom. The molecular formula is C24H26FNO4. The van der Waals surface area contributed by atoms with Crippen molar-refractivity contribution >= 4 is 11.7 Å². The van der Waals surface area contributed by atoms with Crippen molar-refractivity contribution in [2.24, 2.45) is 0 Å². The molecule has 0 unspecified atom stereocenters. The lowest BCUT2D eigenvalue weighted by Crippen LogP contribution is -2.43. The standard InChI is InChI=1S/C24H26FNO4/c25-18-6-4-17(5-7-18)10-13-26-23(28)16-29-19-8-9-20-21(27)15-24(30-22(20)14-19)11-2-1-3-12-24/h4-9,14H,1-3,10-13,15-16H2,(H,26,28). The van der Waals surface area contributed by atoms with Gasteiger partial charge in [-0.15, -0.1) is 0 Å². The van der Waals surface area contributed by atoms with Crippen LogP contribution in [0.2, 0.25) is 0 Å². The van der Waals surface area contributed by atoms with Crippen LogP contribution in [-0.2, 0) is 11.2 Å². The SMILES string of the molecule is O=C(COc1ccc2c(c1)OC1(CCCCC1)CC2=O)NCCc1ccc(F)cc1. The summed E-state index contributed by atoms with van der Waals surface area (Å²) in [6.07, 6.45) is 6.21. The molecule has 6 heteroatoms. The van der Waals surface area contributed by atoms with Gasteiger partial charge < -0.3 is 14.8 Å². The van der Waals surface area contributed by atoms with Gasteiger partial charge in [0.2, 0.25) is 0 Å². The minimum Gasteiger partial charge on any atom is -0.486 e. The summed E-state index contributed by atoms with van der Waals surface area (Å²) in [5, 5.41) is 2.79. The monoisotopic (exact) mass is 411 g/mol. The highest BCUT2D eigenvalue weighted by molar-refractivity contribution is 6.00. The molecule has 1 aliphatic carbocycles. The predicted molar refractivity (Wildman–Crippen MR) is 110 cm³/mol. The highest BCUT2D eigenvalue weighted by Crippen LogP contribution is 2.42. The molecule has 30 heavy (non-hydrogen) atoms. The van der Waals surface area contributed by atoms with Crippen molar-refractivity contribution in [3.8, 4) is 11.5 Å². The number of rotatable bonds is 6. The van der Waals surface area contributed by atoms with Crippen LogP contribution in [0.25, 0.3) is 0 Å². The first-order chi connectivity index (χ1) is 14.5. The molecule has 1 fully saturated rings. The fourth-order valence-corrected chi connectivity index (χ4v) is 4.24. The van der Waals surface area contributed by atoms with E-state index in [0.29, 0.717) is 36.4 Å². The van der Waals surface area contributed by atoms with Gasteiger partial charge in [-0.3, -0.25) is 9.59 Å². The van der Waals surface area contributed by atoms with E-state index < -0.39 is 0 Å². The van der Waals surface area contributed by atoms with Crippen LogP contribution in [0.15, 0.2) is 42.5 Å². The van der Waals surface area contributed by atoms with Crippen LogP contribution < -0.4 is 14.8 Å². The Balaban J connectivity index is 1.30. The fourth-order valence-electron chi connectivity index (χ4n) is 4.24. The van der Waals surface area contributed by atoms with Crippen LogP contribution in [0, 0.1) is 5.82 Å². The summed E-state index contributed by atoms with van der Waals surface area (Å²) < 4.78 is 24.8. The van der Waals surface area contributed by atoms with Gasteiger partial charge in [0.15, 0.2) is 12.4 Å². The van der Waals surface area contributed by atoms with E-state index in [1.54, 1.807) is 30.3 Å². The summed E-state index contributed by atoms with van der Waals surface area (Å²) >= 11 is 0. The number of ketones is 1. The molecule has 0 aromatic heterocycles. The van der Waals surface area contributed by atoms with E-state index in [2.05, 4.69) is 5.32 Å². The molecule has 1 spiro atoms. The topological polar surface area (TPSA) is 64.6 Å². The Kier molecular flexibility index (Phi) is 6.02. The highest BCUT2D eigenvalue weighted by Gasteiger charge is 2.41. The molecule has 1 aliphatic heterocycles. The minimum atomic E-state index is -0.376. The first kappa shape index (κ1) is 20.4. The van der Waals surface area contributed by atoms with Crippen molar-refractivity contribution < 1.29 is 23.5 Å². The van der Waals surface area contributed by atoms with Crippen LogP contribution >= 0.6 is 0 Å². The Bertz CT molecular complexity index is 919. The Morgan fingerprint density at radius 2 is 1.87 bits per heavy atom. The normalized spacial score (nSPS) is 17.2.